The van der Waals surface area contributed by atoms with Gasteiger partial charge in [-0.2, -0.15) is 4.99 Å². The molecule has 1 saturated carbocycles. The quantitative estimate of drug-likeness (QED) is 0.596. The lowest BCUT2D eigenvalue weighted by Crippen LogP contribution is -2.03. The molecule has 15 heavy (non-hydrogen) atoms. The van der Waals surface area contributed by atoms with Crippen LogP contribution < -0.4 is 0 Å². The molecule has 3 heteroatoms. The molecule has 0 saturated heterocycles. The molecular weight excluding hydrogens is 190 g/mol. The molecule has 0 aliphatic heterocycles. The van der Waals surface area contributed by atoms with Gasteiger partial charge < -0.3 is 5.11 Å². The molecule has 0 unspecified atom stereocenters. The van der Waals surface area contributed by atoms with Crippen molar-refractivity contribution in [1.29, 1.82) is 0 Å². The topological polar surface area (TPSA) is 49.7 Å². The standard InChI is InChI=1S/C12H13NO2/c14-7-4-10-2-1-3-11(8-10)12(5-6-12)13-9-15/h1-3,8,14H,4-7H2. The summed E-state index contributed by atoms with van der Waals surface area (Å²) in [6.07, 6.45) is 4.14. The minimum Gasteiger partial charge on any atom is -0.396 e. The van der Waals surface area contributed by atoms with Gasteiger partial charge >= 0.3 is 0 Å². The third-order valence-electron chi connectivity index (χ3n) is 2.85. The van der Waals surface area contributed by atoms with Gasteiger partial charge in [0.2, 0.25) is 6.08 Å². The lowest BCUT2D eigenvalue weighted by atomic mass is 10.0. The first-order valence-corrected chi connectivity index (χ1v) is 5.10. The lowest BCUT2D eigenvalue weighted by Gasteiger charge is -2.09. The van der Waals surface area contributed by atoms with Crippen molar-refractivity contribution in [3.8, 4) is 0 Å². The van der Waals surface area contributed by atoms with Gasteiger partial charge in [-0.3, -0.25) is 0 Å². The number of nitrogens with zero attached hydrogens (tertiary/aromatic N) is 1. The SMILES string of the molecule is O=C=NC1(c2cccc(CCO)c2)CC1. The van der Waals surface area contributed by atoms with Crippen LogP contribution in [0.2, 0.25) is 0 Å². The number of hydrogen-bond donors (Lipinski definition) is 1. The van der Waals surface area contributed by atoms with Crippen molar-refractivity contribution in [3.05, 3.63) is 35.4 Å². The Morgan fingerprint density at radius 1 is 1.47 bits per heavy atom. The molecule has 1 N–H and O–H groups in total. The molecule has 0 amide bonds. The highest BCUT2D eigenvalue weighted by Crippen LogP contribution is 2.49. The molecule has 3 nitrogen and oxygen atoms in total. The molecule has 1 aliphatic carbocycles. The first-order valence-electron chi connectivity index (χ1n) is 5.10. The van der Waals surface area contributed by atoms with Crippen molar-refractivity contribution in [2.24, 2.45) is 4.99 Å². The van der Waals surface area contributed by atoms with Gasteiger partial charge in [-0.05, 0) is 30.4 Å². The van der Waals surface area contributed by atoms with Gasteiger partial charge in [-0.25, -0.2) is 4.79 Å². The van der Waals surface area contributed by atoms with Crippen LogP contribution >= 0.6 is 0 Å². The van der Waals surface area contributed by atoms with E-state index in [0.717, 1.165) is 24.0 Å². The normalized spacial score (nSPS) is 16.9. The van der Waals surface area contributed by atoms with Crippen LogP contribution in [0.25, 0.3) is 0 Å². The Hall–Kier alpha value is -1.44. The Balaban J connectivity index is 2.28. The molecule has 78 valence electrons. The van der Waals surface area contributed by atoms with E-state index in [1.807, 2.05) is 24.3 Å². The molecular formula is C12H13NO2. The zero-order valence-corrected chi connectivity index (χ0v) is 8.44. The Bertz CT molecular complexity index is 404. The maximum absolute atomic E-state index is 10.3. The average Bonchev–Trinajstić information content (AvgIpc) is 3.01. The first-order chi connectivity index (χ1) is 7.30. The number of aliphatic hydroxyl groups is 1. The van der Waals surface area contributed by atoms with Crippen LogP contribution in [0.1, 0.15) is 24.0 Å². The van der Waals surface area contributed by atoms with Crippen molar-refractivity contribution in [2.45, 2.75) is 24.8 Å². The third kappa shape index (κ3) is 1.99. The van der Waals surface area contributed by atoms with Crippen molar-refractivity contribution in [2.75, 3.05) is 6.61 Å². The van der Waals surface area contributed by atoms with Crippen molar-refractivity contribution >= 4 is 6.08 Å². The highest BCUT2D eigenvalue weighted by atomic mass is 16.2. The number of aliphatic hydroxyl groups excluding tert-OH is 1. The maximum atomic E-state index is 10.3. The molecule has 1 fully saturated rings. The predicted molar refractivity (Wildman–Crippen MR) is 56.3 cm³/mol. The molecule has 1 aromatic carbocycles. The number of isocyanates is 1. The zero-order valence-electron chi connectivity index (χ0n) is 8.44. The van der Waals surface area contributed by atoms with Crippen LogP contribution in [0.3, 0.4) is 0 Å². The largest absolute Gasteiger partial charge is 0.396 e. The van der Waals surface area contributed by atoms with Gasteiger partial charge in [0.25, 0.3) is 0 Å². The molecule has 0 aromatic heterocycles. The van der Waals surface area contributed by atoms with Crippen LogP contribution in [0.15, 0.2) is 29.3 Å². The summed E-state index contributed by atoms with van der Waals surface area (Å²) in [5.74, 6) is 0. The van der Waals surface area contributed by atoms with E-state index in [-0.39, 0.29) is 12.1 Å². The van der Waals surface area contributed by atoms with E-state index in [9.17, 15) is 4.79 Å². The van der Waals surface area contributed by atoms with Crippen molar-refractivity contribution < 1.29 is 9.90 Å². The van der Waals surface area contributed by atoms with Gasteiger partial charge in [0.15, 0.2) is 0 Å². The van der Waals surface area contributed by atoms with Crippen LogP contribution in [-0.2, 0) is 16.8 Å². The smallest absolute Gasteiger partial charge is 0.235 e. The summed E-state index contributed by atoms with van der Waals surface area (Å²) >= 11 is 0. The summed E-state index contributed by atoms with van der Waals surface area (Å²) in [6.45, 7) is 0.146. The molecule has 0 heterocycles. The highest BCUT2D eigenvalue weighted by molar-refractivity contribution is 5.42. The Morgan fingerprint density at radius 2 is 2.27 bits per heavy atom. The molecule has 0 radical (unpaired) electrons. The van der Waals surface area contributed by atoms with E-state index in [0.29, 0.717) is 6.42 Å². The second kappa shape index (κ2) is 3.97. The van der Waals surface area contributed by atoms with Crippen LogP contribution in [0.4, 0.5) is 0 Å². The minimum absolute atomic E-state index is 0.146. The monoisotopic (exact) mass is 203 g/mol. The predicted octanol–water partition coefficient (Wildman–Crippen LogP) is 1.55. The van der Waals surface area contributed by atoms with Crippen LogP contribution in [-0.4, -0.2) is 17.8 Å². The zero-order chi connectivity index (χ0) is 10.7. The minimum atomic E-state index is -0.298. The average molecular weight is 203 g/mol. The summed E-state index contributed by atoms with van der Waals surface area (Å²) in [6, 6.07) is 7.92. The van der Waals surface area contributed by atoms with E-state index < -0.39 is 0 Å². The second-order valence-electron chi connectivity index (χ2n) is 3.91. The van der Waals surface area contributed by atoms with Crippen molar-refractivity contribution in [1.82, 2.24) is 0 Å². The fourth-order valence-electron chi connectivity index (χ4n) is 1.82. The fraction of sp³-hybridized carbons (Fsp3) is 0.417. The van der Waals surface area contributed by atoms with Crippen molar-refractivity contribution in [3.63, 3.8) is 0 Å². The molecule has 1 aromatic rings. The van der Waals surface area contributed by atoms with Gasteiger partial charge in [-0.1, -0.05) is 24.3 Å². The third-order valence-corrected chi connectivity index (χ3v) is 2.85. The lowest BCUT2D eigenvalue weighted by molar-refractivity contribution is 0.299. The molecule has 0 bridgehead atoms. The van der Waals surface area contributed by atoms with Gasteiger partial charge in [-0.15, -0.1) is 0 Å². The summed E-state index contributed by atoms with van der Waals surface area (Å²) in [4.78, 5) is 14.2. The van der Waals surface area contributed by atoms with E-state index in [2.05, 4.69) is 4.99 Å². The van der Waals surface area contributed by atoms with Gasteiger partial charge in [0.05, 0.1) is 5.54 Å². The van der Waals surface area contributed by atoms with Crippen LogP contribution in [0, 0.1) is 0 Å². The maximum Gasteiger partial charge on any atom is 0.235 e. The summed E-state index contributed by atoms with van der Waals surface area (Å²) in [5.41, 5.74) is 1.85. The van der Waals surface area contributed by atoms with E-state index in [1.165, 1.54) is 0 Å². The summed E-state index contributed by atoms with van der Waals surface area (Å²) in [7, 11) is 0. The van der Waals surface area contributed by atoms with E-state index in [4.69, 9.17) is 5.11 Å². The Kier molecular flexibility index (Phi) is 2.67. The summed E-state index contributed by atoms with van der Waals surface area (Å²) in [5, 5.41) is 8.85. The number of hydrogen-bond acceptors (Lipinski definition) is 3. The molecule has 0 atom stereocenters. The van der Waals surface area contributed by atoms with Gasteiger partial charge in [0, 0.05) is 6.61 Å². The Morgan fingerprint density at radius 3 is 2.87 bits per heavy atom. The second-order valence-corrected chi connectivity index (χ2v) is 3.91. The van der Waals surface area contributed by atoms with Gasteiger partial charge in [0.1, 0.15) is 0 Å². The highest BCUT2D eigenvalue weighted by Gasteiger charge is 2.44. The first kappa shape index (κ1) is 10.1. The number of rotatable bonds is 4. The van der Waals surface area contributed by atoms with E-state index in [1.54, 1.807) is 6.08 Å². The number of carbonyl (C=O) groups excluding carboxylic acids is 1. The number of benzene rings is 1. The van der Waals surface area contributed by atoms with Crippen LogP contribution in [0.5, 0.6) is 0 Å². The number of aliphatic imine (C=N–C) groups is 1. The molecule has 0 spiro atoms. The van der Waals surface area contributed by atoms with E-state index >= 15 is 0 Å². The summed E-state index contributed by atoms with van der Waals surface area (Å²) < 4.78 is 0. The molecule has 2 rings (SSSR count). The fourth-order valence-corrected chi connectivity index (χ4v) is 1.82. The Labute approximate surface area is 88.5 Å². The molecule has 1 aliphatic rings.